The molecule has 3 heteroatoms. The molecule has 2 nitrogen and oxygen atoms in total. The number of rotatable bonds is 5. The van der Waals surface area contributed by atoms with Crippen molar-refractivity contribution in [2.45, 2.75) is 32.6 Å². The van der Waals surface area contributed by atoms with Crippen LogP contribution in [0.2, 0.25) is 0 Å². The van der Waals surface area contributed by atoms with E-state index in [2.05, 4.69) is 34.3 Å². The second-order valence-electron chi connectivity index (χ2n) is 3.75. The first kappa shape index (κ1) is 13.5. The third-order valence-corrected chi connectivity index (χ3v) is 3.53. The van der Waals surface area contributed by atoms with Gasteiger partial charge in [-0.25, -0.2) is 4.79 Å². The molecule has 0 amide bonds. The lowest BCUT2D eigenvalue weighted by molar-refractivity contribution is 0.0600. The summed E-state index contributed by atoms with van der Waals surface area (Å²) >= 11 is 2.28. The molecule has 0 aliphatic carbocycles. The van der Waals surface area contributed by atoms with E-state index in [-0.39, 0.29) is 5.97 Å². The van der Waals surface area contributed by atoms with Gasteiger partial charge in [-0.05, 0) is 53.1 Å². The lowest BCUT2D eigenvalue weighted by atomic mass is 10.1. The summed E-state index contributed by atoms with van der Waals surface area (Å²) in [5.41, 5.74) is 1.95. The number of carbonyl (C=O) groups is 1. The third-order valence-electron chi connectivity index (χ3n) is 2.52. The summed E-state index contributed by atoms with van der Waals surface area (Å²) in [6.07, 6.45) is 4.79. The lowest BCUT2D eigenvalue weighted by Crippen LogP contribution is -2.02. The molecule has 0 N–H and O–H groups in total. The second-order valence-corrected chi connectivity index (χ2v) is 4.92. The first-order valence-electron chi connectivity index (χ1n) is 5.55. The average Bonchev–Trinajstić information content (AvgIpc) is 2.30. The van der Waals surface area contributed by atoms with Gasteiger partial charge >= 0.3 is 5.97 Å². The summed E-state index contributed by atoms with van der Waals surface area (Å²) in [4.78, 5) is 11.3. The quantitative estimate of drug-likeness (QED) is 0.466. The van der Waals surface area contributed by atoms with Crippen LogP contribution in [-0.4, -0.2) is 13.1 Å². The van der Waals surface area contributed by atoms with Crippen LogP contribution in [0.25, 0.3) is 0 Å². The number of esters is 1. The maximum atomic E-state index is 11.3. The molecule has 0 spiro atoms. The first-order valence-corrected chi connectivity index (χ1v) is 6.63. The molecule has 1 rings (SSSR count). The molecule has 88 valence electrons. The van der Waals surface area contributed by atoms with E-state index in [4.69, 9.17) is 0 Å². The molecule has 0 atom stereocenters. The molecule has 0 aromatic heterocycles. The van der Waals surface area contributed by atoms with Crippen molar-refractivity contribution in [2.24, 2.45) is 0 Å². The van der Waals surface area contributed by atoms with Gasteiger partial charge in [0.25, 0.3) is 0 Å². The van der Waals surface area contributed by atoms with Crippen LogP contribution in [-0.2, 0) is 11.2 Å². The van der Waals surface area contributed by atoms with Crippen molar-refractivity contribution < 1.29 is 9.53 Å². The molecule has 0 saturated carbocycles. The Balaban J connectivity index is 2.71. The zero-order chi connectivity index (χ0) is 12.0. The van der Waals surface area contributed by atoms with E-state index < -0.39 is 0 Å². The zero-order valence-electron chi connectivity index (χ0n) is 9.75. The molecule has 0 aliphatic rings. The number of hydrogen-bond donors (Lipinski definition) is 0. The molecular weight excluding hydrogens is 315 g/mol. The third kappa shape index (κ3) is 3.77. The zero-order valence-corrected chi connectivity index (χ0v) is 11.9. The minimum absolute atomic E-state index is 0.266. The Morgan fingerprint density at radius 2 is 2.12 bits per heavy atom. The summed E-state index contributed by atoms with van der Waals surface area (Å²) in [6.45, 7) is 2.20. The summed E-state index contributed by atoms with van der Waals surface area (Å²) in [7, 11) is 1.41. The van der Waals surface area contributed by atoms with Crippen molar-refractivity contribution in [1.82, 2.24) is 0 Å². The van der Waals surface area contributed by atoms with Crippen LogP contribution in [0.5, 0.6) is 0 Å². The fraction of sp³-hybridized carbons (Fsp3) is 0.462. The molecule has 0 bridgehead atoms. The van der Waals surface area contributed by atoms with E-state index in [1.165, 1.54) is 31.9 Å². The molecule has 0 fully saturated rings. The minimum atomic E-state index is -0.266. The van der Waals surface area contributed by atoms with E-state index >= 15 is 0 Å². The lowest BCUT2D eigenvalue weighted by Gasteiger charge is -2.06. The van der Waals surface area contributed by atoms with E-state index in [0.717, 1.165) is 9.99 Å². The van der Waals surface area contributed by atoms with Gasteiger partial charge in [0.15, 0.2) is 0 Å². The molecule has 0 radical (unpaired) electrons. The van der Waals surface area contributed by atoms with Crippen LogP contribution < -0.4 is 0 Å². The fourth-order valence-electron chi connectivity index (χ4n) is 1.56. The van der Waals surface area contributed by atoms with Gasteiger partial charge in [0, 0.05) is 3.57 Å². The summed E-state index contributed by atoms with van der Waals surface area (Å²) < 4.78 is 5.84. The Morgan fingerprint density at radius 1 is 1.38 bits per heavy atom. The van der Waals surface area contributed by atoms with Crippen molar-refractivity contribution in [3.63, 3.8) is 0 Å². The standard InChI is InChI=1S/C13H17IO2/c1-3-4-5-6-10-7-8-11(9-12(10)14)13(15)16-2/h7-9H,3-6H2,1-2H3. The maximum absolute atomic E-state index is 11.3. The summed E-state index contributed by atoms with van der Waals surface area (Å²) in [5.74, 6) is -0.266. The normalized spacial score (nSPS) is 10.2. The number of ether oxygens (including phenoxy) is 1. The highest BCUT2D eigenvalue weighted by atomic mass is 127. The SMILES string of the molecule is CCCCCc1ccc(C(=O)OC)cc1I. The largest absolute Gasteiger partial charge is 0.465 e. The van der Waals surface area contributed by atoms with Crippen LogP contribution in [0.4, 0.5) is 0 Å². The second kappa shape index (κ2) is 6.89. The van der Waals surface area contributed by atoms with Gasteiger partial charge in [-0.2, -0.15) is 0 Å². The summed E-state index contributed by atoms with van der Waals surface area (Å²) in [5, 5.41) is 0. The van der Waals surface area contributed by atoms with E-state index in [9.17, 15) is 4.79 Å². The van der Waals surface area contributed by atoms with Crippen molar-refractivity contribution >= 4 is 28.6 Å². The number of halogens is 1. The molecule has 0 unspecified atom stereocenters. The van der Waals surface area contributed by atoms with E-state index in [1.54, 1.807) is 0 Å². The highest BCUT2D eigenvalue weighted by molar-refractivity contribution is 14.1. The van der Waals surface area contributed by atoms with Gasteiger partial charge < -0.3 is 4.74 Å². The van der Waals surface area contributed by atoms with Gasteiger partial charge in [-0.3, -0.25) is 0 Å². The predicted octanol–water partition coefficient (Wildman–Crippen LogP) is 3.81. The molecule has 0 aliphatic heterocycles. The highest BCUT2D eigenvalue weighted by Gasteiger charge is 2.07. The van der Waals surface area contributed by atoms with Crippen molar-refractivity contribution in [1.29, 1.82) is 0 Å². The van der Waals surface area contributed by atoms with Crippen molar-refractivity contribution in [3.05, 3.63) is 32.9 Å². The van der Waals surface area contributed by atoms with Crippen LogP contribution in [0.3, 0.4) is 0 Å². The molecule has 1 aromatic rings. The average molecular weight is 332 g/mol. The maximum Gasteiger partial charge on any atom is 0.337 e. The number of methoxy groups -OCH3 is 1. The van der Waals surface area contributed by atoms with Crippen LogP contribution in [0.1, 0.15) is 42.1 Å². The summed E-state index contributed by atoms with van der Waals surface area (Å²) in [6, 6.07) is 5.77. The van der Waals surface area contributed by atoms with E-state index in [1.807, 2.05) is 18.2 Å². The molecular formula is C13H17IO2. The van der Waals surface area contributed by atoms with Gasteiger partial charge in [0.05, 0.1) is 12.7 Å². The van der Waals surface area contributed by atoms with E-state index in [0.29, 0.717) is 5.56 Å². The number of benzene rings is 1. The van der Waals surface area contributed by atoms with Gasteiger partial charge in [-0.15, -0.1) is 0 Å². The van der Waals surface area contributed by atoms with Crippen LogP contribution >= 0.6 is 22.6 Å². The Bertz CT molecular complexity index is 361. The highest BCUT2D eigenvalue weighted by Crippen LogP contribution is 2.17. The van der Waals surface area contributed by atoms with Crippen LogP contribution in [0, 0.1) is 3.57 Å². The van der Waals surface area contributed by atoms with Crippen molar-refractivity contribution in [3.8, 4) is 0 Å². The fourth-order valence-corrected chi connectivity index (χ4v) is 2.35. The Hall–Kier alpha value is -0.580. The number of carbonyl (C=O) groups excluding carboxylic acids is 1. The van der Waals surface area contributed by atoms with Gasteiger partial charge in [-0.1, -0.05) is 25.8 Å². The monoisotopic (exact) mass is 332 g/mol. The molecule has 0 saturated heterocycles. The molecule has 16 heavy (non-hydrogen) atoms. The number of aryl methyl sites for hydroxylation is 1. The number of unbranched alkanes of at least 4 members (excludes halogenated alkanes) is 2. The smallest absolute Gasteiger partial charge is 0.337 e. The van der Waals surface area contributed by atoms with Gasteiger partial charge in [0.2, 0.25) is 0 Å². The Kier molecular flexibility index (Phi) is 5.80. The minimum Gasteiger partial charge on any atom is -0.465 e. The van der Waals surface area contributed by atoms with Gasteiger partial charge in [0.1, 0.15) is 0 Å². The Morgan fingerprint density at radius 3 is 2.69 bits per heavy atom. The first-order chi connectivity index (χ1) is 7.69. The topological polar surface area (TPSA) is 26.3 Å². The molecule has 0 heterocycles. The van der Waals surface area contributed by atoms with Crippen LogP contribution in [0.15, 0.2) is 18.2 Å². The Labute approximate surface area is 111 Å². The number of hydrogen-bond acceptors (Lipinski definition) is 2. The van der Waals surface area contributed by atoms with Crippen molar-refractivity contribution in [2.75, 3.05) is 7.11 Å². The predicted molar refractivity (Wildman–Crippen MR) is 73.7 cm³/mol. The molecule has 1 aromatic carbocycles.